The van der Waals surface area contributed by atoms with E-state index in [4.69, 9.17) is 13.9 Å². The molecule has 186 valence electrons. The maximum atomic E-state index is 12.9. The number of nitrogens with one attached hydrogen (secondary N) is 1. The van der Waals surface area contributed by atoms with Crippen LogP contribution in [0.2, 0.25) is 0 Å². The minimum absolute atomic E-state index is 0.0243. The molecule has 1 saturated heterocycles. The van der Waals surface area contributed by atoms with Crippen LogP contribution in [0.1, 0.15) is 12.8 Å². The van der Waals surface area contributed by atoms with Crippen LogP contribution in [-0.4, -0.2) is 62.4 Å². The number of carbonyl (C=O) groups excluding carboxylic acids is 1. The highest BCUT2D eigenvalue weighted by Gasteiger charge is 2.32. The Kier molecular flexibility index (Phi) is 7.63. The lowest BCUT2D eigenvalue weighted by molar-refractivity contribution is -0.121. The summed E-state index contributed by atoms with van der Waals surface area (Å²) in [6.07, 6.45) is 2.72. The zero-order valence-electron chi connectivity index (χ0n) is 19.6. The molecule has 0 saturated carbocycles. The van der Waals surface area contributed by atoms with E-state index in [1.807, 2.05) is 6.26 Å². The van der Waals surface area contributed by atoms with E-state index < -0.39 is 10.0 Å². The number of thioether (sulfide) groups is 1. The Bertz CT molecular complexity index is 1290. The van der Waals surface area contributed by atoms with Gasteiger partial charge in [0.25, 0.3) is 0 Å². The first-order chi connectivity index (χ1) is 16.8. The number of hydrogen-bond acceptors (Lipinski definition) is 9. The van der Waals surface area contributed by atoms with E-state index in [-0.39, 0.29) is 41.7 Å². The molecule has 1 amide bonds. The highest BCUT2D eigenvalue weighted by molar-refractivity contribution is 7.98. The van der Waals surface area contributed by atoms with Crippen LogP contribution >= 0.6 is 11.8 Å². The predicted octanol–water partition coefficient (Wildman–Crippen LogP) is 3.52. The van der Waals surface area contributed by atoms with Gasteiger partial charge in [0.2, 0.25) is 21.8 Å². The minimum atomic E-state index is -3.60. The number of benzene rings is 2. The Morgan fingerprint density at radius 2 is 1.74 bits per heavy atom. The predicted molar refractivity (Wildman–Crippen MR) is 131 cm³/mol. The number of aromatic nitrogens is 2. The highest BCUT2D eigenvalue weighted by atomic mass is 32.2. The smallest absolute Gasteiger partial charge is 0.322 e. The number of amides is 1. The van der Waals surface area contributed by atoms with Crippen LogP contribution in [0.3, 0.4) is 0 Å². The number of nitrogens with zero attached hydrogens (tertiary/aromatic N) is 3. The van der Waals surface area contributed by atoms with Crippen molar-refractivity contribution in [2.45, 2.75) is 22.6 Å². The number of methoxy groups -OCH3 is 2. The summed E-state index contributed by atoms with van der Waals surface area (Å²) < 4.78 is 43.4. The summed E-state index contributed by atoms with van der Waals surface area (Å²) in [5, 5.41) is 10.5. The Balaban J connectivity index is 1.36. The van der Waals surface area contributed by atoms with Gasteiger partial charge in [-0.1, -0.05) is 5.10 Å². The molecule has 35 heavy (non-hydrogen) atoms. The lowest BCUT2D eigenvalue weighted by atomic mass is 9.97. The maximum absolute atomic E-state index is 12.9. The number of piperidine rings is 1. The van der Waals surface area contributed by atoms with E-state index in [1.54, 1.807) is 61.3 Å². The van der Waals surface area contributed by atoms with Gasteiger partial charge in [-0.3, -0.25) is 10.1 Å². The summed E-state index contributed by atoms with van der Waals surface area (Å²) in [6.45, 7) is 0.511. The molecule has 10 nitrogen and oxygen atoms in total. The molecule has 1 fully saturated rings. The lowest BCUT2D eigenvalue weighted by Crippen LogP contribution is -2.41. The van der Waals surface area contributed by atoms with Crippen LogP contribution in [0.25, 0.3) is 11.5 Å². The number of hydrogen-bond donors (Lipinski definition) is 1. The van der Waals surface area contributed by atoms with Crippen molar-refractivity contribution in [1.29, 1.82) is 0 Å². The molecule has 0 atom stereocenters. The maximum Gasteiger partial charge on any atom is 0.322 e. The Morgan fingerprint density at radius 1 is 1.06 bits per heavy atom. The fraction of sp³-hybridized carbons (Fsp3) is 0.348. The van der Waals surface area contributed by atoms with Crippen LogP contribution in [0, 0.1) is 5.92 Å². The van der Waals surface area contributed by atoms with Crippen LogP contribution in [0.4, 0.5) is 6.01 Å². The molecule has 0 spiro atoms. The lowest BCUT2D eigenvalue weighted by Gasteiger charge is -2.30. The third-order valence-corrected chi connectivity index (χ3v) is 8.46. The normalized spacial score (nSPS) is 15.1. The van der Waals surface area contributed by atoms with Gasteiger partial charge in [-0.25, -0.2) is 8.42 Å². The Hall–Kier alpha value is -3.09. The third-order valence-electron chi connectivity index (χ3n) is 5.81. The zero-order chi connectivity index (χ0) is 25.0. The molecule has 0 radical (unpaired) electrons. The summed E-state index contributed by atoms with van der Waals surface area (Å²) in [4.78, 5) is 14.0. The Morgan fingerprint density at radius 3 is 2.37 bits per heavy atom. The second kappa shape index (κ2) is 10.7. The number of rotatable bonds is 8. The van der Waals surface area contributed by atoms with Crippen LogP contribution in [0.5, 0.6) is 11.5 Å². The summed E-state index contributed by atoms with van der Waals surface area (Å²) in [7, 11) is -0.532. The summed E-state index contributed by atoms with van der Waals surface area (Å²) in [6, 6.07) is 11.9. The van der Waals surface area contributed by atoms with Crippen LogP contribution in [-0.2, 0) is 14.8 Å². The van der Waals surface area contributed by atoms with Crippen molar-refractivity contribution in [1.82, 2.24) is 14.5 Å². The molecular formula is C23H26N4O6S2. The van der Waals surface area contributed by atoms with Crippen LogP contribution < -0.4 is 14.8 Å². The molecule has 1 N–H and O–H groups in total. The first kappa shape index (κ1) is 25.0. The molecule has 12 heteroatoms. The molecular weight excluding hydrogens is 492 g/mol. The van der Waals surface area contributed by atoms with Crippen molar-refractivity contribution in [2.24, 2.45) is 5.92 Å². The molecule has 2 aromatic carbocycles. The van der Waals surface area contributed by atoms with Crippen molar-refractivity contribution in [2.75, 3.05) is 38.9 Å². The molecule has 0 bridgehead atoms. The minimum Gasteiger partial charge on any atom is -0.493 e. The van der Waals surface area contributed by atoms with E-state index in [9.17, 15) is 13.2 Å². The fourth-order valence-corrected chi connectivity index (χ4v) is 5.70. The summed E-state index contributed by atoms with van der Waals surface area (Å²) in [5.74, 6) is 0.644. The molecule has 0 unspecified atom stereocenters. The number of anilines is 1. The molecule has 1 aliphatic rings. The van der Waals surface area contributed by atoms with Crippen molar-refractivity contribution in [3.63, 3.8) is 0 Å². The quantitative estimate of drug-likeness (QED) is 0.446. The van der Waals surface area contributed by atoms with Crippen molar-refractivity contribution < 1.29 is 27.1 Å². The second-order valence-electron chi connectivity index (χ2n) is 7.83. The molecule has 0 aliphatic carbocycles. The van der Waals surface area contributed by atoms with Crippen LogP contribution in [0.15, 0.2) is 56.7 Å². The molecule has 1 aromatic heterocycles. The van der Waals surface area contributed by atoms with Gasteiger partial charge in [0, 0.05) is 29.5 Å². The molecule has 4 rings (SSSR count). The monoisotopic (exact) mass is 518 g/mol. The molecule has 1 aliphatic heterocycles. The first-order valence-electron chi connectivity index (χ1n) is 10.9. The number of ether oxygens (including phenoxy) is 2. The zero-order valence-corrected chi connectivity index (χ0v) is 21.2. The van der Waals surface area contributed by atoms with E-state index in [2.05, 4.69) is 15.5 Å². The molecule has 3 aromatic rings. The average Bonchev–Trinajstić information content (AvgIpc) is 3.36. The standard InChI is InChI=1S/C23H26N4O6S2/c1-31-19-9-4-16(14-20(19)32-2)22-25-26-23(33-22)24-21(28)15-10-12-27(13-11-15)35(29,30)18-7-5-17(34-3)6-8-18/h4-9,14-15H,10-13H2,1-3H3,(H,24,26,28). The largest absolute Gasteiger partial charge is 0.493 e. The van der Waals surface area contributed by atoms with E-state index in [0.29, 0.717) is 29.9 Å². The summed E-state index contributed by atoms with van der Waals surface area (Å²) in [5.41, 5.74) is 0.611. The van der Waals surface area contributed by atoms with E-state index in [0.717, 1.165) is 4.90 Å². The van der Waals surface area contributed by atoms with Crippen molar-refractivity contribution in [3.8, 4) is 23.0 Å². The SMILES string of the molecule is COc1ccc(-c2nnc(NC(=O)C3CCN(S(=O)(=O)c4ccc(SC)cc4)CC3)o2)cc1OC. The van der Waals surface area contributed by atoms with Gasteiger partial charge in [0.05, 0.1) is 19.1 Å². The fourth-order valence-electron chi connectivity index (χ4n) is 3.82. The average molecular weight is 519 g/mol. The van der Waals surface area contributed by atoms with Gasteiger partial charge in [-0.05, 0) is 61.6 Å². The number of sulfonamides is 1. The van der Waals surface area contributed by atoms with Gasteiger partial charge in [0.15, 0.2) is 11.5 Å². The third kappa shape index (κ3) is 5.44. The summed E-state index contributed by atoms with van der Waals surface area (Å²) >= 11 is 1.55. The first-order valence-corrected chi connectivity index (χ1v) is 13.5. The Labute approximate surface area is 208 Å². The van der Waals surface area contributed by atoms with Gasteiger partial charge >= 0.3 is 6.01 Å². The van der Waals surface area contributed by atoms with Crippen molar-refractivity contribution >= 4 is 33.7 Å². The van der Waals surface area contributed by atoms with Crippen molar-refractivity contribution in [3.05, 3.63) is 42.5 Å². The van der Waals surface area contributed by atoms with Gasteiger partial charge in [-0.15, -0.1) is 16.9 Å². The van der Waals surface area contributed by atoms with Gasteiger partial charge in [-0.2, -0.15) is 4.31 Å². The van der Waals surface area contributed by atoms with E-state index in [1.165, 1.54) is 11.4 Å². The topological polar surface area (TPSA) is 124 Å². The molecule has 2 heterocycles. The van der Waals surface area contributed by atoms with Gasteiger partial charge in [0.1, 0.15) is 0 Å². The second-order valence-corrected chi connectivity index (χ2v) is 10.6. The highest BCUT2D eigenvalue weighted by Crippen LogP contribution is 2.32. The van der Waals surface area contributed by atoms with Gasteiger partial charge < -0.3 is 13.9 Å². The number of carbonyl (C=O) groups is 1. The van der Waals surface area contributed by atoms with E-state index >= 15 is 0 Å².